The van der Waals surface area contributed by atoms with Gasteiger partial charge in [0.1, 0.15) is 0 Å². The van der Waals surface area contributed by atoms with Crippen molar-refractivity contribution in [1.82, 2.24) is 0 Å². The lowest BCUT2D eigenvalue weighted by Crippen LogP contribution is -2.06. The predicted molar refractivity (Wildman–Crippen MR) is 80.8 cm³/mol. The van der Waals surface area contributed by atoms with Crippen molar-refractivity contribution in [3.63, 3.8) is 0 Å². The van der Waals surface area contributed by atoms with Crippen molar-refractivity contribution in [3.05, 3.63) is 23.8 Å². The minimum atomic E-state index is -0.407. The molecule has 0 aromatic rings. The molecule has 0 heterocycles. The van der Waals surface area contributed by atoms with E-state index in [-0.39, 0.29) is 0 Å². The summed E-state index contributed by atoms with van der Waals surface area (Å²) in [5.41, 5.74) is 0.915. The summed E-state index contributed by atoms with van der Waals surface area (Å²) in [6.45, 7) is 11.1. The van der Waals surface area contributed by atoms with E-state index in [4.69, 9.17) is 11.6 Å². The van der Waals surface area contributed by atoms with Gasteiger partial charge in [-0.15, -0.1) is 0 Å². The highest BCUT2D eigenvalue weighted by atomic mass is 35.5. The van der Waals surface area contributed by atoms with Crippen LogP contribution in [0.4, 0.5) is 0 Å². The quantitative estimate of drug-likeness (QED) is 0.330. The molecule has 0 bridgehead atoms. The first-order valence-electron chi connectivity index (χ1n) is 6.87. The van der Waals surface area contributed by atoms with E-state index >= 15 is 0 Å². The van der Waals surface area contributed by atoms with Crippen LogP contribution in [-0.4, -0.2) is 5.24 Å². The first kappa shape index (κ1) is 17.4. The molecule has 0 N–H and O–H groups in total. The van der Waals surface area contributed by atoms with Gasteiger partial charge in [-0.1, -0.05) is 52.7 Å². The number of halogens is 1. The van der Waals surface area contributed by atoms with E-state index in [1.807, 2.05) is 13.0 Å². The molecule has 0 aromatic heterocycles. The maximum absolute atomic E-state index is 10.6. The van der Waals surface area contributed by atoms with Gasteiger partial charge in [0.25, 0.3) is 0 Å². The molecule has 2 unspecified atom stereocenters. The molecule has 0 fully saturated rings. The van der Waals surface area contributed by atoms with Crippen LogP contribution < -0.4 is 0 Å². The highest BCUT2D eigenvalue weighted by molar-refractivity contribution is 6.66. The maximum atomic E-state index is 10.6. The van der Waals surface area contributed by atoms with Crippen molar-refractivity contribution in [2.75, 3.05) is 0 Å². The lowest BCUT2D eigenvalue weighted by atomic mass is 9.89. The molecule has 0 spiro atoms. The minimum Gasteiger partial charge on any atom is -0.276 e. The van der Waals surface area contributed by atoms with Crippen LogP contribution in [0.3, 0.4) is 0 Å². The van der Waals surface area contributed by atoms with Gasteiger partial charge in [-0.25, -0.2) is 0 Å². The Balaban J connectivity index is 3.93. The molecule has 2 atom stereocenters. The monoisotopic (exact) mass is 270 g/mol. The van der Waals surface area contributed by atoms with Crippen molar-refractivity contribution in [2.45, 2.75) is 53.9 Å². The second-order valence-corrected chi connectivity index (χ2v) is 6.11. The Hall–Kier alpha value is -0.560. The SMILES string of the molecule is CC(C=CCC(C)CCC(C)C(C)C)=CC(=O)Cl. The molecule has 0 aliphatic heterocycles. The van der Waals surface area contributed by atoms with Gasteiger partial charge < -0.3 is 0 Å². The Bertz CT molecular complexity index is 302. The Labute approximate surface area is 117 Å². The van der Waals surface area contributed by atoms with E-state index in [2.05, 4.69) is 33.8 Å². The molecule has 0 aliphatic carbocycles. The molecule has 0 amide bonds. The van der Waals surface area contributed by atoms with E-state index < -0.39 is 5.24 Å². The summed E-state index contributed by atoms with van der Waals surface area (Å²) in [5.74, 6) is 2.27. The minimum absolute atomic E-state index is 0.407. The number of allylic oxidation sites excluding steroid dienone is 4. The average Bonchev–Trinajstić information content (AvgIpc) is 2.24. The van der Waals surface area contributed by atoms with Crippen LogP contribution in [0.1, 0.15) is 53.9 Å². The Morgan fingerprint density at radius 1 is 1.17 bits per heavy atom. The molecular weight excluding hydrogens is 244 g/mol. The standard InChI is InChI=1S/C16H27ClO/c1-12(2)15(5)10-9-13(3)7-6-8-14(4)11-16(17)18/h6,8,11-13,15H,7,9-10H2,1-5H3. The van der Waals surface area contributed by atoms with Gasteiger partial charge in [-0.2, -0.15) is 0 Å². The molecule has 0 rings (SSSR count). The van der Waals surface area contributed by atoms with E-state index in [0.717, 1.165) is 23.8 Å². The molecule has 1 nitrogen and oxygen atoms in total. The lowest BCUT2D eigenvalue weighted by molar-refractivity contribution is -0.107. The summed E-state index contributed by atoms with van der Waals surface area (Å²) in [6.07, 6.45) is 9.18. The first-order chi connectivity index (χ1) is 8.32. The zero-order valence-corrected chi connectivity index (χ0v) is 13.1. The third-order valence-corrected chi connectivity index (χ3v) is 3.62. The van der Waals surface area contributed by atoms with Crippen molar-refractivity contribution in [1.29, 1.82) is 0 Å². The molecule has 104 valence electrons. The van der Waals surface area contributed by atoms with Crippen molar-refractivity contribution >= 4 is 16.8 Å². The molecular formula is C16H27ClO. The Morgan fingerprint density at radius 2 is 1.78 bits per heavy atom. The van der Waals surface area contributed by atoms with Crippen molar-refractivity contribution in [3.8, 4) is 0 Å². The number of carbonyl (C=O) groups is 1. The highest BCUT2D eigenvalue weighted by Crippen LogP contribution is 2.21. The second kappa shape index (κ2) is 9.38. The van der Waals surface area contributed by atoms with Crippen molar-refractivity contribution in [2.24, 2.45) is 17.8 Å². The van der Waals surface area contributed by atoms with Crippen molar-refractivity contribution < 1.29 is 4.79 Å². The van der Waals surface area contributed by atoms with Crippen LogP contribution in [0.2, 0.25) is 0 Å². The summed E-state index contributed by atoms with van der Waals surface area (Å²) in [4.78, 5) is 10.6. The Kier molecular flexibility index (Phi) is 9.09. The van der Waals surface area contributed by atoms with Crippen LogP contribution in [0.25, 0.3) is 0 Å². The van der Waals surface area contributed by atoms with Crippen LogP contribution in [0, 0.1) is 17.8 Å². The topological polar surface area (TPSA) is 17.1 Å². The van der Waals surface area contributed by atoms with Gasteiger partial charge in [0.15, 0.2) is 0 Å². The zero-order chi connectivity index (χ0) is 14.1. The molecule has 0 radical (unpaired) electrons. The normalized spacial score (nSPS) is 16.3. The first-order valence-corrected chi connectivity index (χ1v) is 7.25. The van der Waals surface area contributed by atoms with Gasteiger partial charge in [0.05, 0.1) is 0 Å². The number of carbonyl (C=O) groups excluding carboxylic acids is 1. The van der Waals surface area contributed by atoms with E-state index in [0.29, 0.717) is 5.92 Å². The summed E-state index contributed by atoms with van der Waals surface area (Å²) < 4.78 is 0. The predicted octanol–water partition coefficient (Wildman–Crippen LogP) is 5.35. The Morgan fingerprint density at radius 3 is 2.28 bits per heavy atom. The number of hydrogen-bond donors (Lipinski definition) is 0. The van der Waals surface area contributed by atoms with Gasteiger partial charge in [0.2, 0.25) is 5.24 Å². The fourth-order valence-electron chi connectivity index (χ4n) is 1.71. The fraction of sp³-hybridized carbons (Fsp3) is 0.688. The van der Waals surface area contributed by atoms with E-state index in [9.17, 15) is 4.79 Å². The maximum Gasteiger partial charge on any atom is 0.245 e. The number of hydrogen-bond acceptors (Lipinski definition) is 1. The third-order valence-electron chi connectivity index (χ3n) is 3.51. The molecule has 0 saturated carbocycles. The van der Waals surface area contributed by atoms with Gasteiger partial charge in [0, 0.05) is 6.08 Å². The molecule has 0 aliphatic rings. The molecule has 2 heteroatoms. The third kappa shape index (κ3) is 9.47. The zero-order valence-electron chi connectivity index (χ0n) is 12.4. The fourth-order valence-corrected chi connectivity index (χ4v) is 1.88. The molecule has 18 heavy (non-hydrogen) atoms. The second-order valence-electron chi connectivity index (χ2n) is 5.73. The van der Waals surface area contributed by atoms with Crippen LogP contribution in [0.15, 0.2) is 23.8 Å². The summed E-state index contributed by atoms with van der Waals surface area (Å²) in [7, 11) is 0. The largest absolute Gasteiger partial charge is 0.276 e. The summed E-state index contributed by atoms with van der Waals surface area (Å²) >= 11 is 5.28. The average molecular weight is 271 g/mol. The van der Waals surface area contributed by atoms with E-state index in [1.54, 1.807) is 0 Å². The molecule has 0 aromatic carbocycles. The lowest BCUT2D eigenvalue weighted by Gasteiger charge is -2.17. The summed E-state index contributed by atoms with van der Waals surface area (Å²) in [5, 5.41) is -0.407. The van der Waals surface area contributed by atoms with Crippen LogP contribution in [0.5, 0.6) is 0 Å². The van der Waals surface area contributed by atoms with E-state index in [1.165, 1.54) is 18.9 Å². The van der Waals surface area contributed by atoms with Crippen LogP contribution in [-0.2, 0) is 4.79 Å². The smallest absolute Gasteiger partial charge is 0.245 e. The van der Waals surface area contributed by atoms with Gasteiger partial charge >= 0.3 is 0 Å². The number of rotatable bonds is 8. The van der Waals surface area contributed by atoms with Gasteiger partial charge in [-0.05, 0) is 48.3 Å². The summed E-state index contributed by atoms with van der Waals surface area (Å²) in [6, 6.07) is 0. The molecule has 0 saturated heterocycles. The van der Waals surface area contributed by atoms with Crippen LogP contribution >= 0.6 is 11.6 Å². The highest BCUT2D eigenvalue weighted by Gasteiger charge is 2.08. The van der Waals surface area contributed by atoms with Gasteiger partial charge in [-0.3, -0.25) is 4.79 Å².